The van der Waals surface area contributed by atoms with Crippen molar-refractivity contribution in [1.29, 1.82) is 0 Å². The molecule has 0 aliphatic carbocycles. The molecule has 0 saturated carbocycles. The molecule has 1 rings (SSSR count). The van der Waals surface area contributed by atoms with Crippen molar-refractivity contribution in [3.63, 3.8) is 0 Å². The molecule has 0 spiro atoms. The second-order valence-electron chi connectivity index (χ2n) is 4.04. The Bertz CT molecular complexity index is 604. The Kier molecular flexibility index (Phi) is 4.75. The minimum atomic E-state index is -4.13. The first-order valence-electron chi connectivity index (χ1n) is 5.21. The molecule has 0 unspecified atom stereocenters. The molecule has 0 aliphatic heterocycles. The molecule has 0 fully saturated rings. The summed E-state index contributed by atoms with van der Waals surface area (Å²) in [6.07, 6.45) is 0. The van der Waals surface area contributed by atoms with E-state index in [0.29, 0.717) is 0 Å². The number of nitrogen functional groups attached to an aromatic ring is 1. The molecular formula is C10H13BrFN3O3S. The normalized spacial score (nSPS) is 11.4. The van der Waals surface area contributed by atoms with Crippen LogP contribution in [0.15, 0.2) is 21.5 Å². The van der Waals surface area contributed by atoms with Gasteiger partial charge in [-0.1, -0.05) is 0 Å². The maximum atomic E-state index is 13.1. The van der Waals surface area contributed by atoms with Crippen LogP contribution < -0.4 is 15.8 Å². The van der Waals surface area contributed by atoms with E-state index >= 15 is 0 Å². The molecule has 9 heteroatoms. The van der Waals surface area contributed by atoms with E-state index in [4.69, 9.17) is 5.73 Å². The van der Waals surface area contributed by atoms with Gasteiger partial charge in [0.1, 0.15) is 10.7 Å². The SMILES string of the molecule is CC(C)NC(=O)NS(=O)(=O)c1cc(N)c(F)cc1Br. The molecule has 1 aromatic rings. The minimum Gasteiger partial charge on any atom is -0.396 e. The number of hydrogen-bond acceptors (Lipinski definition) is 4. The molecule has 0 heterocycles. The van der Waals surface area contributed by atoms with Crippen LogP contribution >= 0.6 is 15.9 Å². The summed E-state index contributed by atoms with van der Waals surface area (Å²) in [6.45, 7) is 3.36. The van der Waals surface area contributed by atoms with Gasteiger partial charge in [0, 0.05) is 10.5 Å². The molecule has 6 nitrogen and oxygen atoms in total. The molecule has 0 bridgehead atoms. The first kappa shape index (κ1) is 15.7. The number of benzene rings is 1. The van der Waals surface area contributed by atoms with Gasteiger partial charge in [-0.15, -0.1) is 0 Å². The lowest BCUT2D eigenvalue weighted by molar-refractivity contribution is 0.243. The average Bonchev–Trinajstić information content (AvgIpc) is 2.20. The molecular weight excluding hydrogens is 341 g/mol. The van der Waals surface area contributed by atoms with Crippen LogP contribution in [-0.4, -0.2) is 20.5 Å². The number of rotatable bonds is 3. The molecule has 0 radical (unpaired) electrons. The predicted molar refractivity (Wildman–Crippen MR) is 72.5 cm³/mol. The van der Waals surface area contributed by atoms with Crippen LogP contribution in [0.25, 0.3) is 0 Å². The highest BCUT2D eigenvalue weighted by Crippen LogP contribution is 2.26. The summed E-state index contributed by atoms with van der Waals surface area (Å²) >= 11 is 2.91. The van der Waals surface area contributed by atoms with Crippen LogP contribution in [0.1, 0.15) is 13.8 Å². The zero-order chi connectivity index (χ0) is 14.8. The van der Waals surface area contributed by atoms with Crippen molar-refractivity contribution in [2.45, 2.75) is 24.8 Å². The number of amides is 2. The van der Waals surface area contributed by atoms with E-state index in [1.165, 1.54) is 0 Å². The van der Waals surface area contributed by atoms with Crippen molar-refractivity contribution < 1.29 is 17.6 Å². The van der Waals surface area contributed by atoms with Gasteiger partial charge in [-0.05, 0) is 41.9 Å². The van der Waals surface area contributed by atoms with Crippen LogP contribution in [0.3, 0.4) is 0 Å². The molecule has 0 atom stereocenters. The Labute approximate surface area is 118 Å². The van der Waals surface area contributed by atoms with Gasteiger partial charge in [0.15, 0.2) is 0 Å². The Hall–Kier alpha value is -1.35. The summed E-state index contributed by atoms with van der Waals surface area (Å²) in [7, 11) is -4.13. The van der Waals surface area contributed by atoms with Crippen molar-refractivity contribution in [3.8, 4) is 0 Å². The second kappa shape index (κ2) is 5.74. The van der Waals surface area contributed by atoms with Crippen LogP contribution in [0, 0.1) is 5.82 Å². The third-order valence-electron chi connectivity index (χ3n) is 1.99. The average molecular weight is 354 g/mol. The molecule has 4 N–H and O–H groups in total. The number of halogens is 2. The minimum absolute atomic E-state index is 0.0240. The van der Waals surface area contributed by atoms with Gasteiger partial charge in [-0.25, -0.2) is 22.3 Å². The number of nitrogens with one attached hydrogen (secondary N) is 2. The molecule has 0 aliphatic rings. The van der Waals surface area contributed by atoms with Crippen molar-refractivity contribution >= 4 is 37.7 Å². The number of anilines is 1. The maximum absolute atomic E-state index is 13.1. The van der Waals surface area contributed by atoms with Crippen molar-refractivity contribution in [2.75, 3.05) is 5.73 Å². The Morgan fingerprint density at radius 2 is 2.00 bits per heavy atom. The number of carbonyl (C=O) groups excluding carboxylic acids is 1. The quantitative estimate of drug-likeness (QED) is 0.717. The molecule has 0 aromatic heterocycles. The van der Waals surface area contributed by atoms with Gasteiger partial charge in [-0.2, -0.15) is 0 Å². The van der Waals surface area contributed by atoms with E-state index in [1.54, 1.807) is 18.6 Å². The standard InChI is InChI=1S/C10H13BrFN3O3S/c1-5(2)14-10(16)15-19(17,18)9-4-8(13)7(12)3-6(9)11/h3-5H,13H2,1-2H3,(H2,14,15,16). The smallest absolute Gasteiger partial charge is 0.328 e. The zero-order valence-corrected chi connectivity index (χ0v) is 12.6. The van der Waals surface area contributed by atoms with Gasteiger partial charge in [-0.3, -0.25) is 0 Å². The van der Waals surface area contributed by atoms with Crippen molar-refractivity contribution in [3.05, 3.63) is 22.4 Å². The summed E-state index contributed by atoms with van der Waals surface area (Å²) < 4.78 is 38.8. The van der Waals surface area contributed by atoms with Crippen molar-refractivity contribution in [2.24, 2.45) is 0 Å². The summed E-state index contributed by atoms with van der Waals surface area (Å²) in [5.41, 5.74) is 4.98. The lowest BCUT2D eigenvalue weighted by Gasteiger charge is -2.12. The van der Waals surface area contributed by atoms with Gasteiger partial charge >= 0.3 is 6.03 Å². The van der Waals surface area contributed by atoms with E-state index in [2.05, 4.69) is 21.2 Å². The summed E-state index contributed by atoms with van der Waals surface area (Å²) in [6, 6.07) is 0.760. The van der Waals surface area contributed by atoms with Gasteiger partial charge in [0.25, 0.3) is 10.0 Å². The first-order chi connectivity index (χ1) is 8.63. The lowest BCUT2D eigenvalue weighted by atomic mass is 10.3. The molecule has 19 heavy (non-hydrogen) atoms. The van der Waals surface area contributed by atoms with E-state index in [1.807, 2.05) is 0 Å². The van der Waals surface area contributed by atoms with Crippen LogP contribution in [0.4, 0.5) is 14.9 Å². The topological polar surface area (TPSA) is 101 Å². The monoisotopic (exact) mass is 353 g/mol. The lowest BCUT2D eigenvalue weighted by Crippen LogP contribution is -2.42. The van der Waals surface area contributed by atoms with Gasteiger partial charge < -0.3 is 11.1 Å². The number of carbonyl (C=O) groups is 1. The summed E-state index contributed by atoms with van der Waals surface area (Å²) in [5, 5.41) is 2.36. The van der Waals surface area contributed by atoms with E-state index < -0.39 is 21.9 Å². The third kappa shape index (κ3) is 4.06. The highest BCUT2D eigenvalue weighted by atomic mass is 79.9. The molecule has 2 amide bonds. The number of sulfonamides is 1. The van der Waals surface area contributed by atoms with Crippen molar-refractivity contribution in [1.82, 2.24) is 10.0 Å². The summed E-state index contributed by atoms with van der Waals surface area (Å²) in [4.78, 5) is 11.1. The molecule has 0 saturated heterocycles. The van der Waals surface area contributed by atoms with Crippen LogP contribution in [0.2, 0.25) is 0 Å². The van der Waals surface area contributed by atoms with Gasteiger partial charge in [0.05, 0.1) is 5.69 Å². The highest BCUT2D eigenvalue weighted by molar-refractivity contribution is 9.10. The zero-order valence-electron chi connectivity index (χ0n) is 10.2. The predicted octanol–water partition coefficient (Wildman–Crippen LogP) is 1.57. The Morgan fingerprint density at radius 3 is 2.53 bits per heavy atom. The largest absolute Gasteiger partial charge is 0.396 e. The van der Waals surface area contributed by atoms with E-state index in [9.17, 15) is 17.6 Å². The molecule has 106 valence electrons. The Morgan fingerprint density at radius 1 is 1.42 bits per heavy atom. The van der Waals surface area contributed by atoms with E-state index in [-0.39, 0.29) is 21.1 Å². The third-order valence-corrected chi connectivity index (χ3v) is 4.28. The number of urea groups is 1. The fourth-order valence-corrected chi connectivity index (χ4v) is 3.18. The van der Waals surface area contributed by atoms with Crippen LogP contribution in [-0.2, 0) is 10.0 Å². The van der Waals surface area contributed by atoms with Crippen LogP contribution in [0.5, 0.6) is 0 Å². The second-order valence-corrected chi connectivity index (χ2v) is 6.54. The summed E-state index contributed by atoms with van der Waals surface area (Å²) in [5.74, 6) is -0.752. The highest BCUT2D eigenvalue weighted by Gasteiger charge is 2.22. The fourth-order valence-electron chi connectivity index (χ4n) is 1.22. The Balaban J connectivity index is 3.08. The van der Waals surface area contributed by atoms with Gasteiger partial charge in [0.2, 0.25) is 0 Å². The fraction of sp³-hybridized carbons (Fsp3) is 0.300. The molecule has 1 aromatic carbocycles. The first-order valence-corrected chi connectivity index (χ1v) is 7.49. The van der Waals surface area contributed by atoms with E-state index in [0.717, 1.165) is 12.1 Å². The number of hydrogen-bond donors (Lipinski definition) is 3. The maximum Gasteiger partial charge on any atom is 0.328 e. The number of nitrogens with two attached hydrogens (primary N) is 1.